The molecule has 4 N–H and O–H groups in total. The molecule has 0 unspecified atom stereocenters. The second kappa shape index (κ2) is 8.07. The third-order valence-electron chi connectivity index (χ3n) is 4.04. The van der Waals surface area contributed by atoms with Gasteiger partial charge in [0.1, 0.15) is 5.75 Å². The topological polar surface area (TPSA) is 124 Å². The van der Waals surface area contributed by atoms with E-state index in [9.17, 15) is 28.5 Å². The van der Waals surface area contributed by atoms with E-state index in [2.05, 4.69) is 4.72 Å². The van der Waals surface area contributed by atoms with Crippen LogP contribution in [0.5, 0.6) is 17.2 Å². The molecule has 0 heterocycles. The van der Waals surface area contributed by atoms with Crippen molar-refractivity contribution in [1.82, 2.24) is 0 Å². The fraction of sp³-hybridized carbons (Fsp3) is 0. The molecule has 0 atom stereocenters. The van der Waals surface area contributed by atoms with Gasteiger partial charge in [-0.3, -0.25) is 9.52 Å². The number of rotatable bonds is 6. The molecule has 8 heteroatoms. The Bertz CT molecular complexity index is 1180. The first-order valence-electron chi connectivity index (χ1n) is 8.42. The summed E-state index contributed by atoms with van der Waals surface area (Å²) in [6.45, 7) is 0. The Labute approximate surface area is 167 Å². The predicted octanol–water partition coefficient (Wildman–Crippen LogP) is 3.50. The van der Waals surface area contributed by atoms with Gasteiger partial charge in [0.2, 0.25) is 0 Å². The summed E-state index contributed by atoms with van der Waals surface area (Å²) in [4.78, 5) is 12.5. The van der Waals surface area contributed by atoms with Gasteiger partial charge in [-0.15, -0.1) is 0 Å². The molecule has 0 saturated heterocycles. The Morgan fingerprint density at radius 2 is 1.55 bits per heavy atom. The van der Waals surface area contributed by atoms with Crippen molar-refractivity contribution in [2.45, 2.75) is 4.90 Å². The molecular weight excluding hydrogens is 394 g/mol. The quantitative estimate of drug-likeness (QED) is 0.280. The van der Waals surface area contributed by atoms with Crippen LogP contribution < -0.4 is 4.72 Å². The zero-order chi connectivity index (χ0) is 21.0. The molecular formula is C21H17NO6S. The van der Waals surface area contributed by atoms with Gasteiger partial charge in [0, 0.05) is 11.1 Å². The normalized spacial score (nSPS) is 11.4. The third kappa shape index (κ3) is 4.56. The van der Waals surface area contributed by atoms with Gasteiger partial charge in [-0.1, -0.05) is 24.3 Å². The maximum atomic E-state index is 12.6. The first-order valence-corrected chi connectivity index (χ1v) is 9.90. The number of phenolic OH excluding ortho intramolecular Hbond substituents is 3. The molecule has 0 aliphatic carbocycles. The minimum absolute atomic E-state index is 0.0696. The van der Waals surface area contributed by atoms with E-state index in [0.29, 0.717) is 0 Å². The molecule has 7 nitrogen and oxygen atoms in total. The van der Waals surface area contributed by atoms with E-state index in [1.807, 2.05) is 0 Å². The number of hydrogen-bond donors (Lipinski definition) is 4. The molecule has 0 radical (unpaired) electrons. The van der Waals surface area contributed by atoms with E-state index in [1.54, 1.807) is 12.1 Å². The number of sulfonamides is 1. The molecule has 0 saturated carbocycles. The van der Waals surface area contributed by atoms with Gasteiger partial charge in [0.05, 0.1) is 10.6 Å². The monoisotopic (exact) mass is 411 g/mol. The highest BCUT2D eigenvalue weighted by atomic mass is 32.2. The van der Waals surface area contributed by atoms with Crippen LogP contribution in [0.15, 0.2) is 77.7 Å². The van der Waals surface area contributed by atoms with E-state index < -0.39 is 15.8 Å². The number of phenols is 3. The molecule has 0 amide bonds. The summed E-state index contributed by atoms with van der Waals surface area (Å²) in [7, 11) is -3.98. The lowest BCUT2D eigenvalue weighted by atomic mass is 10.1. The molecule has 0 aliphatic heterocycles. The maximum absolute atomic E-state index is 12.6. The largest absolute Gasteiger partial charge is 0.508 e. The van der Waals surface area contributed by atoms with E-state index in [1.165, 1.54) is 66.7 Å². The lowest BCUT2D eigenvalue weighted by Crippen LogP contribution is -2.15. The van der Waals surface area contributed by atoms with Gasteiger partial charge in [0.15, 0.2) is 17.3 Å². The Balaban J connectivity index is 1.88. The Morgan fingerprint density at radius 3 is 2.28 bits per heavy atom. The number of carbonyl (C=O) groups is 1. The number of hydrogen-bond acceptors (Lipinski definition) is 6. The summed E-state index contributed by atoms with van der Waals surface area (Å²) < 4.78 is 27.5. The Morgan fingerprint density at radius 1 is 0.862 bits per heavy atom. The van der Waals surface area contributed by atoms with Gasteiger partial charge in [-0.05, 0) is 54.6 Å². The fourth-order valence-electron chi connectivity index (χ4n) is 2.55. The lowest BCUT2D eigenvalue weighted by Gasteiger charge is -2.11. The van der Waals surface area contributed by atoms with Gasteiger partial charge < -0.3 is 15.3 Å². The fourth-order valence-corrected chi connectivity index (χ4v) is 3.63. The van der Waals surface area contributed by atoms with Crippen LogP contribution in [0.25, 0.3) is 6.08 Å². The van der Waals surface area contributed by atoms with Crippen molar-refractivity contribution in [3.63, 3.8) is 0 Å². The molecule has 29 heavy (non-hydrogen) atoms. The van der Waals surface area contributed by atoms with Crippen molar-refractivity contribution in [1.29, 1.82) is 0 Å². The zero-order valence-corrected chi connectivity index (χ0v) is 15.8. The number of para-hydroxylation sites is 2. The van der Waals surface area contributed by atoms with Crippen LogP contribution >= 0.6 is 0 Å². The highest BCUT2D eigenvalue weighted by Crippen LogP contribution is 2.29. The summed E-state index contributed by atoms with van der Waals surface area (Å²) in [6.07, 6.45) is 2.49. The van der Waals surface area contributed by atoms with Crippen LogP contribution in [0, 0.1) is 0 Å². The van der Waals surface area contributed by atoms with E-state index in [4.69, 9.17) is 0 Å². The number of benzene rings is 3. The second-order valence-electron chi connectivity index (χ2n) is 6.06. The number of ketones is 1. The van der Waals surface area contributed by atoms with Crippen LogP contribution in [-0.2, 0) is 10.0 Å². The number of allylic oxidation sites excluding steroid dienone is 1. The Kier molecular flexibility index (Phi) is 5.56. The molecule has 0 aromatic heterocycles. The summed E-state index contributed by atoms with van der Waals surface area (Å²) in [5, 5.41) is 28.6. The molecule has 0 bridgehead atoms. The molecule has 0 aliphatic rings. The van der Waals surface area contributed by atoms with Crippen molar-refractivity contribution >= 4 is 27.6 Å². The summed E-state index contributed by atoms with van der Waals surface area (Å²) in [6, 6.07) is 15.4. The SMILES string of the molecule is O=C(C=Cc1cccc(O)c1O)c1ccccc1NS(=O)(=O)c1ccc(O)cc1. The average Bonchev–Trinajstić information content (AvgIpc) is 2.69. The predicted molar refractivity (Wildman–Crippen MR) is 108 cm³/mol. The van der Waals surface area contributed by atoms with E-state index >= 15 is 0 Å². The van der Waals surface area contributed by atoms with Gasteiger partial charge in [0.25, 0.3) is 10.0 Å². The van der Waals surface area contributed by atoms with Crippen LogP contribution in [0.3, 0.4) is 0 Å². The second-order valence-corrected chi connectivity index (χ2v) is 7.74. The maximum Gasteiger partial charge on any atom is 0.261 e. The van der Waals surface area contributed by atoms with Crippen molar-refractivity contribution < 1.29 is 28.5 Å². The molecule has 3 rings (SSSR count). The van der Waals surface area contributed by atoms with Crippen LogP contribution in [-0.4, -0.2) is 29.5 Å². The molecule has 0 fully saturated rings. The van der Waals surface area contributed by atoms with E-state index in [-0.39, 0.29) is 39.0 Å². The number of nitrogens with one attached hydrogen (secondary N) is 1. The summed E-state index contributed by atoms with van der Waals surface area (Å²) >= 11 is 0. The zero-order valence-electron chi connectivity index (χ0n) is 15.0. The molecule has 0 spiro atoms. The molecule has 3 aromatic carbocycles. The van der Waals surface area contributed by atoms with Gasteiger partial charge in [-0.2, -0.15) is 0 Å². The first kappa shape index (κ1) is 20.0. The van der Waals surface area contributed by atoms with Crippen LogP contribution in [0.2, 0.25) is 0 Å². The summed E-state index contributed by atoms with van der Waals surface area (Å²) in [5.74, 6) is -1.25. The van der Waals surface area contributed by atoms with Crippen molar-refractivity contribution in [3.05, 3.63) is 83.9 Å². The smallest absolute Gasteiger partial charge is 0.261 e. The molecule has 3 aromatic rings. The van der Waals surface area contributed by atoms with Crippen molar-refractivity contribution in [2.24, 2.45) is 0 Å². The minimum Gasteiger partial charge on any atom is -0.508 e. The number of carbonyl (C=O) groups excluding carboxylic acids is 1. The number of anilines is 1. The average molecular weight is 411 g/mol. The number of aromatic hydroxyl groups is 3. The third-order valence-corrected chi connectivity index (χ3v) is 5.43. The highest BCUT2D eigenvalue weighted by molar-refractivity contribution is 7.92. The van der Waals surface area contributed by atoms with Crippen molar-refractivity contribution in [2.75, 3.05) is 4.72 Å². The summed E-state index contributed by atoms with van der Waals surface area (Å²) in [5.41, 5.74) is 0.418. The molecule has 148 valence electrons. The highest BCUT2D eigenvalue weighted by Gasteiger charge is 2.18. The van der Waals surface area contributed by atoms with Crippen molar-refractivity contribution in [3.8, 4) is 17.2 Å². The Hall–Kier alpha value is -3.78. The minimum atomic E-state index is -3.98. The van der Waals surface area contributed by atoms with Gasteiger partial charge >= 0.3 is 0 Å². The van der Waals surface area contributed by atoms with E-state index in [0.717, 1.165) is 0 Å². The standard InChI is InChI=1S/C21H17NO6S/c23-15-9-11-16(12-10-15)29(27,28)22-18-6-2-1-5-17(18)19(24)13-8-14-4-3-7-20(25)21(14)26/h1-13,22-23,25-26H. The van der Waals surface area contributed by atoms with Gasteiger partial charge in [-0.25, -0.2) is 8.42 Å². The first-order chi connectivity index (χ1) is 13.8. The lowest BCUT2D eigenvalue weighted by molar-refractivity contribution is 0.104. The van der Waals surface area contributed by atoms with Crippen LogP contribution in [0.1, 0.15) is 15.9 Å². The van der Waals surface area contributed by atoms with Crippen LogP contribution in [0.4, 0.5) is 5.69 Å².